The Kier molecular flexibility index (Phi) is 6.62. The monoisotopic (exact) mass is 480 g/mol. The van der Waals surface area contributed by atoms with Crippen LogP contribution in [0.25, 0.3) is 21.6 Å². The summed E-state index contributed by atoms with van der Waals surface area (Å²) in [6, 6.07) is 8.31. The fourth-order valence-corrected chi connectivity index (χ4v) is 6.49. The van der Waals surface area contributed by atoms with E-state index in [1.807, 2.05) is 6.07 Å². The summed E-state index contributed by atoms with van der Waals surface area (Å²) in [5.41, 5.74) is 10.1. The minimum Gasteiger partial charge on any atom is -0.383 e. The third kappa shape index (κ3) is 4.62. The molecule has 0 fully saturated rings. The number of anilines is 1. The Bertz CT molecular complexity index is 1280. The van der Waals surface area contributed by atoms with Crippen LogP contribution in [-0.4, -0.2) is 38.4 Å². The van der Waals surface area contributed by atoms with Crippen LogP contribution in [-0.2, 0) is 29.9 Å². The zero-order valence-corrected chi connectivity index (χ0v) is 20.6. The molecule has 3 heterocycles. The van der Waals surface area contributed by atoms with Crippen LogP contribution in [0.1, 0.15) is 41.1 Å². The lowest BCUT2D eigenvalue weighted by atomic mass is 10.1. The number of benzene rings is 1. The molecule has 33 heavy (non-hydrogen) atoms. The number of rotatable bonds is 7. The Hall–Kier alpha value is -2.49. The quantitative estimate of drug-likeness (QED) is 0.292. The molecule has 7 nitrogen and oxygen atoms in total. The van der Waals surface area contributed by atoms with Crippen molar-refractivity contribution in [3.05, 3.63) is 46.1 Å². The first-order valence-electron chi connectivity index (χ1n) is 11.3. The maximum absolute atomic E-state index is 6.43. The number of thioether (sulfide) groups is 1. The average molecular weight is 481 g/mol. The smallest absolute Gasteiger partial charge is 0.192 e. The first kappa shape index (κ1) is 22.3. The maximum Gasteiger partial charge on any atom is 0.192 e. The van der Waals surface area contributed by atoms with Crippen molar-refractivity contribution in [3.63, 3.8) is 0 Å². The molecule has 2 N–H and O–H groups in total. The molecule has 1 aliphatic rings. The second-order valence-electron chi connectivity index (χ2n) is 8.38. The molecule has 3 aromatic heterocycles. The number of methoxy groups -OCH3 is 1. The van der Waals surface area contributed by atoms with E-state index in [-0.39, 0.29) is 0 Å². The fourth-order valence-electron chi connectivity index (χ4n) is 4.38. The van der Waals surface area contributed by atoms with Crippen LogP contribution in [0.2, 0.25) is 0 Å². The van der Waals surface area contributed by atoms with Crippen molar-refractivity contribution in [3.8, 4) is 11.4 Å². The molecule has 0 amide bonds. The summed E-state index contributed by atoms with van der Waals surface area (Å²) in [4.78, 5) is 12.0. The molecule has 0 bridgehead atoms. The van der Waals surface area contributed by atoms with E-state index in [9.17, 15) is 0 Å². The van der Waals surface area contributed by atoms with E-state index in [2.05, 4.69) is 44.9 Å². The molecule has 0 saturated heterocycles. The van der Waals surface area contributed by atoms with E-state index in [1.165, 1.54) is 35.3 Å². The maximum atomic E-state index is 6.43. The fraction of sp³-hybridized carbons (Fsp3) is 0.417. The molecule has 172 valence electrons. The summed E-state index contributed by atoms with van der Waals surface area (Å²) in [6.07, 6.45) is 5.96. The van der Waals surface area contributed by atoms with Gasteiger partial charge in [0.1, 0.15) is 16.5 Å². The molecule has 0 atom stereocenters. The number of hydrogen-bond acceptors (Lipinski definition) is 8. The van der Waals surface area contributed by atoms with Crippen LogP contribution in [0, 0.1) is 6.92 Å². The summed E-state index contributed by atoms with van der Waals surface area (Å²) in [5, 5.41) is 10.9. The SMILES string of the molecule is COCCn1c(SCc2nc(N)c3c4c(sc3n2)CCCCC4)nnc1-c1cccc(C)c1. The highest BCUT2D eigenvalue weighted by molar-refractivity contribution is 7.98. The molecular formula is C24H28N6OS2. The molecular weight excluding hydrogens is 452 g/mol. The Balaban J connectivity index is 1.42. The van der Waals surface area contributed by atoms with E-state index in [0.717, 1.165) is 45.4 Å². The van der Waals surface area contributed by atoms with Gasteiger partial charge in [0.15, 0.2) is 11.0 Å². The molecule has 1 aliphatic carbocycles. The van der Waals surface area contributed by atoms with Crippen molar-refractivity contribution in [2.24, 2.45) is 0 Å². The van der Waals surface area contributed by atoms with Crippen LogP contribution in [0.5, 0.6) is 0 Å². The number of nitrogen functional groups attached to an aromatic ring is 1. The molecule has 4 aromatic rings. The van der Waals surface area contributed by atoms with Crippen molar-refractivity contribution in [1.82, 2.24) is 24.7 Å². The third-order valence-corrected chi connectivity index (χ3v) is 8.13. The number of ether oxygens (including phenoxy) is 1. The van der Waals surface area contributed by atoms with Gasteiger partial charge in [0.25, 0.3) is 0 Å². The van der Waals surface area contributed by atoms with Crippen LogP contribution < -0.4 is 5.73 Å². The van der Waals surface area contributed by atoms with Crippen LogP contribution in [0.4, 0.5) is 5.82 Å². The van der Waals surface area contributed by atoms with Gasteiger partial charge in [-0.05, 0) is 44.2 Å². The van der Waals surface area contributed by atoms with Gasteiger partial charge in [0, 0.05) is 17.6 Å². The van der Waals surface area contributed by atoms with Gasteiger partial charge in [-0.15, -0.1) is 21.5 Å². The lowest BCUT2D eigenvalue weighted by molar-refractivity contribution is 0.185. The normalized spacial score (nSPS) is 13.9. The van der Waals surface area contributed by atoms with Gasteiger partial charge >= 0.3 is 0 Å². The largest absolute Gasteiger partial charge is 0.383 e. The van der Waals surface area contributed by atoms with E-state index in [1.54, 1.807) is 30.2 Å². The Morgan fingerprint density at radius 1 is 1.15 bits per heavy atom. The summed E-state index contributed by atoms with van der Waals surface area (Å²) in [6.45, 7) is 3.34. The van der Waals surface area contributed by atoms with Gasteiger partial charge in [0.05, 0.1) is 24.3 Å². The highest BCUT2D eigenvalue weighted by Crippen LogP contribution is 2.37. The number of fused-ring (bicyclic) bond motifs is 3. The molecule has 0 unspecified atom stereocenters. The molecule has 0 aliphatic heterocycles. The van der Waals surface area contributed by atoms with Gasteiger partial charge in [-0.3, -0.25) is 4.57 Å². The molecule has 9 heteroatoms. The Morgan fingerprint density at radius 2 is 2.03 bits per heavy atom. The minimum atomic E-state index is 0.584. The molecule has 0 saturated carbocycles. The molecule has 5 rings (SSSR count). The molecule has 0 spiro atoms. The summed E-state index contributed by atoms with van der Waals surface area (Å²) < 4.78 is 7.44. The second kappa shape index (κ2) is 9.79. The van der Waals surface area contributed by atoms with E-state index < -0.39 is 0 Å². The number of nitrogens with zero attached hydrogens (tertiary/aromatic N) is 5. The van der Waals surface area contributed by atoms with E-state index in [4.69, 9.17) is 15.5 Å². The predicted molar refractivity (Wildman–Crippen MR) is 135 cm³/mol. The number of nitrogens with two attached hydrogens (primary N) is 1. The van der Waals surface area contributed by atoms with E-state index >= 15 is 0 Å². The van der Waals surface area contributed by atoms with Gasteiger partial charge in [-0.25, -0.2) is 9.97 Å². The van der Waals surface area contributed by atoms with Crippen LogP contribution >= 0.6 is 23.1 Å². The zero-order valence-electron chi connectivity index (χ0n) is 19.0. The summed E-state index contributed by atoms with van der Waals surface area (Å²) in [5.74, 6) is 2.77. The lowest BCUT2D eigenvalue weighted by Crippen LogP contribution is -2.08. The van der Waals surface area contributed by atoms with Crippen molar-refractivity contribution in [2.75, 3.05) is 19.5 Å². The first-order chi connectivity index (χ1) is 16.1. The van der Waals surface area contributed by atoms with Crippen LogP contribution in [0.15, 0.2) is 29.4 Å². The van der Waals surface area contributed by atoms with Crippen molar-refractivity contribution >= 4 is 39.1 Å². The Labute approximate surface area is 201 Å². The highest BCUT2D eigenvalue weighted by Gasteiger charge is 2.20. The van der Waals surface area contributed by atoms with Gasteiger partial charge in [-0.2, -0.15) is 0 Å². The lowest BCUT2D eigenvalue weighted by Gasteiger charge is -2.10. The third-order valence-electron chi connectivity index (χ3n) is 5.98. The number of aromatic nitrogens is 5. The van der Waals surface area contributed by atoms with Crippen molar-refractivity contribution in [2.45, 2.75) is 56.5 Å². The zero-order chi connectivity index (χ0) is 22.8. The predicted octanol–water partition coefficient (Wildman–Crippen LogP) is 5.05. The molecule has 0 radical (unpaired) electrons. The van der Waals surface area contributed by atoms with Crippen molar-refractivity contribution in [1.29, 1.82) is 0 Å². The first-order valence-corrected chi connectivity index (χ1v) is 13.1. The highest BCUT2D eigenvalue weighted by atomic mass is 32.2. The second-order valence-corrected chi connectivity index (χ2v) is 10.4. The summed E-state index contributed by atoms with van der Waals surface area (Å²) in [7, 11) is 1.71. The van der Waals surface area contributed by atoms with Gasteiger partial charge < -0.3 is 10.5 Å². The van der Waals surface area contributed by atoms with Crippen molar-refractivity contribution < 1.29 is 4.74 Å². The van der Waals surface area contributed by atoms with E-state index in [0.29, 0.717) is 24.7 Å². The topological polar surface area (TPSA) is 91.7 Å². The summed E-state index contributed by atoms with van der Waals surface area (Å²) >= 11 is 3.37. The minimum absolute atomic E-state index is 0.584. The standard InChI is InChI=1S/C24H28N6OS2/c1-15-7-6-8-16(13-15)22-28-29-24(30(22)11-12-31-2)32-14-19-26-21(25)20-17-9-4-3-5-10-18(17)33-23(20)27-19/h6-8,13H,3-5,9-12,14H2,1-2H3,(H2,25,26,27). The number of hydrogen-bond donors (Lipinski definition) is 1. The van der Waals surface area contributed by atoms with Gasteiger partial charge in [0.2, 0.25) is 0 Å². The molecule has 1 aromatic carbocycles. The Morgan fingerprint density at radius 3 is 2.88 bits per heavy atom. The van der Waals surface area contributed by atoms with Crippen LogP contribution in [0.3, 0.4) is 0 Å². The number of aryl methyl sites for hydroxylation is 3. The van der Waals surface area contributed by atoms with Gasteiger partial charge in [-0.1, -0.05) is 41.9 Å². The average Bonchev–Trinajstić information content (AvgIpc) is 3.29. The number of thiophene rings is 1.